The van der Waals surface area contributed by atoms with Crippen LogP contribution >= 0.6 is 0 Å². The number of rotatable bonds is 3. The van der Waals surface area contributed by atoms with E-state index in [9.17, 15) is 0 Å². The number of aromatic nitrogens is 1. The molecule has 0 amide bonds. The molecule has 0 spiro atoms. The zero-order chi connectivity index (χ0) is 13.2. The summed E-state index contributed by atoms with van der Waals surface area (Å²) in [5.74, 6) is 1.03. The molecule has 0 bridgehead atoms. The smallest absolute Gasteiger partial charge is 0.133 e. The van der Waals surface area contributed by atoms with E-state index in [1.54, 1.807) is 0 Å². The van der Waals surface area contributed by atoms with E-state index in [0.717, 1.165) is 18.7 Å². The maximum Gasteiger partial charge on any atom is 0.133 e. The minimum atomic E-state index is 0.463. The number of anilines is 2. The van der Waals surface area contributed by atoms with Gasteiger partial charge in [-0.2, -0.15) is 0 Å². The topological polar surface area (TPSA) is 42.1 Å². The maximum absolute atomic E-state index is 5.57. The summed E-state index contributed by atoms with van der Waals surface area (Å²) in [5.41, 5.74) is 9.46. The number of benzene rings is 1. The number of nitrogens with two attached hydrogens (primary N) is 1. The first-order valence-corrected chi connectivity index (χ1v) is 6.81. The van der Waals surface area contributed by atoms with Crippen LogP contribution in [0.3, 0.4) is 0 Å². The van der Waals surface area contributed by atoms with Gasteiger partial charge in [-0.1, -0.05) is 24.3 Å². The Bertz CT molecular complexity index is 562. The van der Waals surface area contributed by atoms with Crippen molar-refractivity contribution in [1.82, 2.24) is 4.98 Å². The summed E-state index contributed by atoms with van der Waals surface area (Å²) in [7, 11) is 0. The third-order valence-electron chi connectivity index (χ3n) is 3.70. The van der Waals surface area contributed by atoms with Gasteiger partial charge in [0.15, 0.2) is 0 Å². The van der Waals surface area contributed by atoms with Crippen molar-refractivity contribution in [1.29, 1.82) is 0 Å². The van der Waals surface area contributed by atoms with Crippen molar-refractivity contribution < 1.29 is 0 Å². The fraction of sp³-hybridized carbons (Fsp3) is 0.312. The van der Waals surface area contributed by atoms with Crippen LogP contribution in [0.25, 0.3) is 0 Å². The Morgan fingerprint density at radius 2 is 2.11 bits per heavy atom. The zero-order valence-electron chi connectivity index (χ0n) is 11.2. The summed E-state index contributed by atoms with van der Waals surface area (Å²) in [6, 6.07) is 13.3. The Labute approximate surface area is 114 Å². The van der Waals surface area contributed by atoms with Crippen LogP contribution in [0.1, 0.15) is 18.1 Å². The molecule has 0 fully saturated rings. The second-order valence-electron chi connectivity index (χ2n) is 5.12. The van der Waals surface area contributed by atoms with Gasteiger partial charge in [-0.05, 0) is 49.6 Å². The van der Waals surface area contributed by atoms with Crippen LogP contribution in [-0.4, -0.2) is 17.6 Å². The highest BCUT2D eigenvalue weighted by Crippen LogP contribution is 2.36. The molecule has 1 aromatic carbocycles. The summed E-state index contributed by atoms with van der Waals surface area (Å²) >= 11 is 0. The lowest BCUT2D eigenvalue weighted by molar-refractivity contribution is 0.750. The Morgan fingerprint density at radius 1 is 1.26 bits per heavy atom. The van der Waals surface area contributed by atoms with Crippen molar-refractivity contribution in [3.63, 3.8) is 0 Å². The second-order valence-corrected chi connectivity index (χ2v) is 5.12. The van der Waals surface area contributed by atoms with E-state index in [1.165, 1.54) is 16.8 Å². The molecule has 2 aromatic rings. The van der Waals surface area contributed by atoms with Crippen molar-refractivity contribution in [2.24, 2.45) is 5.73 Å². The highest BCUT2D eigenvalue weighted by Gasteiger charge is 2.27. The molecule has 19 heavy (non-hydrogen) atoms. The van der Waals surface area contributed by atoms with E-state index in [1.807, 2.05) is 6.20 Å². The van der Waals surface area contributed by atoms with Crippen LogP contribution in [0, 0.1) is 0 Å². The van der Waals surface area contributed by atoms with Crippen LogP contribution in [0.5, 0.6) is 0 Å². The SMILES string of the molecule is CC1Cc2ccccc2N1c1ccc(CCN)cn1. The third-order valence-corrected chi connectivity index (χ3v) is 3.70. The quantitative estimate of drug-likeness (QED) is 0.914. The van der Waals surface area contributed by atoms with Gasteiger partial charge in [0, 0.05) is 17.9 Å². The molecule has 3 heteroatoms. The van der Waals surface area contributed by atoms with Gasteiger partial charge in [0.1, 0.15) is 5.82 Å². The molecule has 2 N–H and O–H groups in total. The first-order valence-electron chi connectivity index (χ1n) is 6.81. The molecule has 0 saturated carbocycles. The molecule has 1 aliphatic rings. The molecule has 1 aromatic heterocycles. The number of hydrogen-bond donors (Lipinski definition) is 1. The monoisotopic (exact) mass is 253 g/mol. The molecule has 0 radical (unpaired) electrons. The maximum atomic E-state index is 5.57. The van der Waals surface area contributed by atoms with E-state index >= 15 is 0 Å². The van der Waals surface area contributed by atoms with Crippen molar-refractivity contribution in [2.45, 2.75) is 25.8 Å². The molecular formula is C16H19N3. The Morgan fingerprint density at radius 3 is 2.84 bits per heavy atom. The molecule has 3 rings (SSSR count). The lowest BCUT2D eigenvalue weighted by atomic mass is 10.1. The minimum absolute atomic E-state index is 0.463. The lowest BCUT2D eigenvalue weighted by Gasteiger charge is -2.23. The van der Waals surface area contributed by atoms with Crippen LogP contribution in [-0.2, 0) is 12.8 Å². The number of nitrogens with zero attached hydrogens (tertiary/aromatic N) is 2. The fourth-order valence-electron chi connectivity index (χ4n) is 2.79. The van der Waals surface area contributed by atoms with Gasteiger partial charge in [0.05, 0.1) is 0 Å². The number of para-hydroxylation sites is 1. The first kappa shape index (κ1) is 12.2. The largest absolute Gasteiger partial charge is 0.330 e. The summed E-state index contributed by atoms with van der Waals surface area (Å²) in [6.45, 7) is 2.92. The highest BCUT2D eigenvalue weighted by molar-refractivity contribution is 5.68. The van der Waals surface area contributed by atoms with E-state index in [4.69, 9.17) is 5.73 Å². The van der Waals surface area contributed by atoms with Gasteiger partial charge in [0.2, 0.25) is 0 Å². The average Bonchev–Trinajstić information content (AvgIpc) is 2.76. The highest BCUT2D eigenvalue weighted by atomic mass is 15.2. The third kappa shape index (κ3) is 2.22. The average molecular weight is 253 g/mol. The van der Waals surface area contributed by atoms with Crippen molar-refractivity contribution in [3.8, 4) is 0 Å². The number of fused-ring (bicyclic) bond motifs is 1. The molecule has 3 nitrogen and oxygen atoms in total. The van der Waals surface area contributed by atoms with Gasteiger partial charge in [-0.25, -0.2) is 4.98 Å². The Balaban J connectivity index is 1.93. The predicted molar refractivity (Wildman–Crippen MR) is 78.7 cm³/mol. The van der Waals surface area contributed by atoms with Crippen molar-refractivity contribution in [3.05, 3.63) is 53.7 Å². The van der Waals surface area contributed by atoms with Gasteiger partial charge in [-0.15, -0.1) is 0 Å². The molecule has 2 heterocycles. The van der Waals surface area contributed by atoms with Crippen LogP contribution in [0.15, 0.2) is 42.6 Å². The van der Waals surface area contributed by atoms with Crippen LogP contribution < -0.4 is 10.6 Å². The first-order chi connectivity index (χ1) is 9.29. The van der Waals surface area contributed by atoms with Gasteiger partial charge in [0.25, 0.3) is 0 Å². The lowest BCUT2D eigenvalue weighted by Crippen LogP contribution is -2.24. The minimum Gasteiger partial charge on any atom is -0.330 e. The van der Waals surface area contributed by atoms with Gasteiger partial charge >= 0.3 is 0 Å². The molecule has 1 aliphatic heterocycles. The zero-order valence-corrected chi connectivity index (χ0v) is 11.2. The van der Waals surface area contributed by atoms with Crippen LogP contribution in [0.2, 0.25) is 0 Å². The summed E-state index contributed by atoms with van der Waals surface area (Å²) in [6.07, 6.45) is 3.91. The van der Waals surface area contributed by atoms with E-state index in [0.29, 0.717) is 12.6 Å². The van der Waals surface area contributed by atoms with Crippen molar-refractivity contribution in [2.75, 3.05) is 11.4 Å². The van der Waals surface area contributed by atoms with Gasteiger partial charge < -0.3 is 10.6 Å². The number of pyridine rings is 1. The standard InChI is InChI=1S/C16H19N3/c1-12-10-14-4-2-3-5-15(14)19(12)16-7-6-13(8-9-17)11-18-16/h2-7,11-12H,8-10,17H2,1H3. The van der Waals surface area contributed by atoms with E-state index in [-0.39, 0.29) is 0 Å². The summed E-state index contributed by atoms with van der Waals surface area (Å²) in [5, 5.41) is 0. The predicted octanol–water partition coefficient (Wildman–Crippen LogP) is 2.67. The molecular weight excluding hydrogens is 234 g/mol. The fourth-order valence-corrected chi connectivity index (χ4v) is 2.79. The van der Waals surface area contributed by atoms with Crippen LogP contribution in [0.4, 0.5) is 11.5 Å². The molecule has 0 saturated heterocycles. The molecule has 98 valence electrons. The van der Waals surface area contributed by atoms with E-state index < -0.39 is 0 Å². The summed E-state index contributed by atoms with van der Waals surface area (Å²) in [4.78, 5) is 6.92. The van der Waals surface area contributed by atoms with Crippen molar-refractivity contribution >= 4 is 11.5 Å². The van der Waals surface area contributed by atoms with Gasteiger partial charge in [-0.3, -0.25) is 0 Å². The second kappa shape index (κ2) is 5.02. The molecule has 1 atom stereocenters. The summed E-state index contributed by atoms with van der Waals surface area (Å²) < 4.78 is 0. The Kier molecular flexibility index (Phi) is 3.22. The van der Waals surface area contributed by atoms with E-state index in [2.05, 4.69) is 53.2 Å². The Hall–Kier alpha value is -1.87. The molecule has 0 aliphatic carbocycles. The normalized spacial score (nSPS) is 17.6. The number of hydrogen-bond acceptors (Lipinski definition) is 3. The molecule has 1 unspecified atom stereocenters.